The van der Waals surface area contributed by atoms with Gasteiger partial charge >= 0.3 is 5.97 Å². The van der Waals surface area contributed by atoms with Gasteiger partial charge in [-0.1, -0.05) is 12.1 Å². The van der Waals surface area contributed by atoms with Crippen molar-refractivity contribution in [2.45, 2.75) is 19.8 Å². The van der Waals surface area contributed by atoms with E-state index < -0.39 is 5.97 Å². The second-order valence-corrected chi connectivity index (χ2v) is 4.43. The van der Waals surface area contributed by atoms with Gasteiger partial charge in [-0.15, -0.1) is 0 Å². The van der Waals surface area contributed by atoms with Gasteiger partial charge in [0.2, 0.25) is 0 Å². The van der Waals surface area contributed by atoms with Crippen molar-refractivity contribution in [1.82, 2.24) is 15.0 Å². The van der Waals surface area contributed by atoms with Crippen molar-refractivity contribution >= 4 is 23.0 Å². The van der Waals surface area contributed by atoms with E-state index in [1.807, 2.05) is 6.92 Å². The number of hydrogen-bond donors (Lipinski definition) is 1. The van der Waals surface area contributed by atoms with Crippen LogP contribution in [0.1, 0.15) is 29.4 Å². The number of carbonyl (C=O) groups excluding carboxylic acids is 1. The number of nitrogens with zero attached hydrogens (tertiary/aromatic N) is 3. The maximum absolute atomic E-state index is 12.2. The Morgan fingerprint density at radius 1 is 1.45 bits per heavy atom. The minimum Gasteiger partial charge on any atom is -0.481 e. The molecule has 0 unspecified atom stereocenters. The smallest absolute Gasteiger partial charge is 0.305 e. The number of carbonyl (C=O) groups is 2. The number of aliphatic carboxylic acids is 1. The second kappa shape index (κ2) is 5.68. The molecule has 1 amide bonds. The van der Waals surface area contributed by atoms with Gasteiger partial charge in [0.15, 0.2) is 0 Å². The molecule has 20 heavy (non-hydrogen) atoms. The van der Waals surface area contributed by atoms with Crippen molar-refractivity contribution in [3.8, 4) is 0 Å². The average molecular weight is 277 g/mol. The fourth-order valence-corrected chi connectivity index (χ4v) is 1.84. The molecule has 0 bridgehead atoms. The van der Waals surface area contributed by atoms with Gasteiger partial charge in [-0.3, -0.25) is 9.59 Å². The molecule has 106 valence electrons. The first kappa shape index (κ1) is 14.0. The fraction of sp³-hybridized carbons (Fsp3) is 0.385. The third-order valence-electron chi connectivity index (χ3n) is 2.99. The average Bonchev–Trinajstić information content (AvgIpc) is 2.85. The van der Waals surface area contributed by atoms with Crippen molar-refractivity contribution < 1.29 is 19.2 Å². The third-order valence-corrected chi connectivity index (χ3v) is 2.99. The van der Waals surface area contributed by atoms with Crippen LogP contribution in [0, 0.1) is 0 Å². The summed E-state index contributed by atoms with van der Waals surface area (Å²) in [4.78, 5) is 28.1. The molecule has 0 aliphatic heterocycles. The standard InChI is InChI=1S/C13H15N3O4/c1-3-10-9-6-8(7-14-12(9)20-15-10)13(19)16(2)5-4-11(17)18/h6-7H,3-5H2,1-2H3,(H,17,18). The molecule has 0 spiro atoms. The number of aromatic nitrogens is 2. The summed E-state index contributed by atoms with van der Waals surface area (Å²) in [6.07, 6.45) is 2.00. The highest BCUT2D eigenvalue weighted by Crippen LogP contribution is 2.18. The summed E-state index contributed by atoms with van der Waals surface area (Å²) in [7, 11) is 1.56. The van der Waals surface area contributed by atoms with Gasteiger partial charge in [-0.25, -0.2) is 4.98 Å². The molecule has 0 atom stereocenters. The summed E-state index contributed by atoms with van der Waals surface area (Å²) in [6.45, 7) is 2.08. The van der Waals surface area contributed by atoms with E-state index in [2.05, 4.69) is 10.1 Å². The largest absolute Gasteiger partial charge is 0.481 e. The summed E-state index contributed by atoms with van der Waals surface area (Å²) >= 11 is 0. The summed E-state index contributed by atoms with van der Waals surface area (Å²) in [5.41, 5.74) is 1.53. The van der Waals surface area contributed by atoms with E-state index in [1.54, 1.807) is 13.1 Å². The van der Waals surface area contributed by atoms with Crippen LogP contribution < -0.4 is 0 Å². The molecule has 0 radical (unpaired) electrons. The first-order chi connectivity index (χ1) is 9.52. The number of pyridine rings is 1. The molecular weight excluding hydrogens is 262 g/mol. The zero-order valence-corrected chi connectivity index (χ0v) is 11.3. The van der Waals surface area contributed by atoms with E-state index in [1.165, 1.54) is 11.1 Å². The third kappa shape index (κ3) is 2.76. The minimum atomic E-state index is -0.939. The van der Waals surface area contributed by atoms with E-state index in [0.717, 1.165) is 5.69 Å². The maximum Gasteiger partial charge on any atom is 0.305 e. The quantitative estimate of drug-likeness (QED) is 0.885. The molecule has 0 fully saturated rings. The van der Waals surface area contributed by atoms with Crippen molar-refractivity contribution in [3.63, 3.8) is 0 Å². The first-order valence-electron chi connectivity index (χ1n) is 6.24. The normalized spacial score (nSPS) is 10.7. The van der Waals surface area contributed by atoms with Gasteiger partial charge in [0.05, 0.1) is 23.1 Å². The number of carboxylic acid groups (broad SMARTS) is 1. The summed E-state index contributed by atoms with van der Waals surface area (Å²) in [5, 5.41) is 13.2. The van der Waals surface area contributed by atoms with Crippen LogP contribution in [0.25, 0.3) is 11.1 Å². The zero-order valence-electron chi connectivity index (χ0n) is 11.3. The molecule has 0 saturated carbocycles. The van der Waals surface area contributed by atoms with Crippen molar-refractivity contribution in [2.75, 3.05) is 13.6 Å². The van der Waals surface area contributed by atoms with Crippen molar-refractivity contribution in [3.05, 3.63) is 23.5 Å². The minimum absolute atomic E-state index is 0.0919. The number of carboxylic acids is 1. The number of aryl methyl sites for hydroxylation is 1. The lowest BCUT2D eigenvalue weighted by Crippen LogP contribution is -2.29. The number of fused-ring (bicyclic) bond motifs is 1. The molecule has 0 aliphatic carbocycles. The SMILES string of the molecule is CCc1noc2ncc(C(=O)N(C)CCC(=O)O)cc12. The molecule has 0 saturated heterocycles. The Morgan fingerprint density at radius 2 is 2.20 bits per heavy atom. The van der Waals surface area contributed by atoms with E-state index in [0.29, 0.717) is 23.1 Å². The predicted molar refractivity (Wildman–Crippen MR) is 70.4 cm³/mol. The molecule has 0 aromatic carbocycles. The Balaban J connectivity index is 2.23. The lowest BCUT2D eigenvalue weighted by Gasteiger charge is -2.15. The maximum atomic E-state index is 12.2. The number of rotatable bonds is 5. The van der Waals surface area contributed by atoms with Gasteiger partial charge < -0.3 is 14.5 Å². The zero-order chi connectivity index (χ0) is 14.7. The van der Waals surface area contributed by atoms with E-state index >= 15 is 0 Å². The van der Waals surface area contributed by atoms with Gasteiger partial charge in [0.1, 0.15) is 0 Å². The van der Waals surface area contributed by atoms with Gasteiger partial charge in [0, 0.05) is 19.8 Å². The monoisotopic (exact) mass is 277 g/mol. The van der Waals surface area contributed by atoms with Crippen LogP contribution in [0.4, 0.5) is 0 Å². The highest BCUT2D eigenvalue weighted by molar-refractivity contribution is 5.97. The molecule has 2 rings (SSSR count). The summed E-state index contributed by atoms with van der Waals surface area (Å²) in [5.74, 6) is -1.21. The fourth-order valence-electron chi connectivity index (χ4n) is 1.84. The molecule has 2 aromatic rings. The van der Waals surface area contributed by atoms with E-state index in [9.17, 15) is 9.59 Å². The van der Waals surface area contributed by atoms with Crippen LogP contribution in [0.2, 0.25) is 0 Å². The lowest BCUT2D eigenvalue weighted by atomic mass is 10.1. The summed E-state index contributed by atoms with van der Waals surface area (Å²) in [6, 6.07) is 1.68. The molecule has 2 heterocycles. The highest BCUT2D eigenvalue weighted by atomic mass is 16.5. The lowest BCUT2D eigenvalue weighted by molar-refractivity contribution is -0.137. The Bertz CT molecular complexity index is 650. The first-order valence-corrected chi connectivity index (χ1v) is 6.24. The predicted octanol–water partition coefficient (Wildman–Crippen LogP) is 1.33. The topological polar surface area (TPSA) is 96.5 Å². The van der Waals surface area contributed by atoms with Crippen LogP contribution in [-0.2, 0) is 11.2 Å². The van der Waals surface area contributed by atoms with Gasteiger partial charge in [-0.2, -0.15) is 0 Å². The van der Waals surface area contributed by atoms with Crippen LogP contribution in [0.3, 0.4) is 0 Å². The van der Waals surface area contributed by atoms with Crippen LogP contribution >= 0.6 is 0 Å². The van der Waals surface area contributed by atoms with Gasteiger partial charge in [0.25, 0.3) is 11.6 Å². The Labute approximate surface area is 115 Å². The number of hydrogen-bond acceptors (Lipinski definition) is 5. The van der Waals surface area contributed by atoms with E-state index in [-0.39, 0.29) is 18.9 Å². The van der Waals surface area contributed by atoms with Crippen molar-refractivity contribution in [2.24, 2.45) is 0 Å². The number of amides is 1. The van der Waals surface area contributed by atoms with Crippen LogP contribution in [-0.4, -0.2) is 45.6 Å². The van der Waals surface area contributed by atoms with Crippen molar-refractivity contribution in [1.29, 1.82) is 0 Å². The van der Waals surface area contributed by atoms with Gasteiger partial charge in [-0.05, 0) is 12.5 Å². The Hall–Kier alpha value is -2.44. The Kier molecular flexibility index (Phi) is 3.97. The van der Waals surface area contributed by atoms with Crippen LogP contribution in [0.5, 0.6) is 0 Å². The van der Waals surface area contributed by atoms with E-state index in [4.69, 9.17) is 9.63 Å². The highest BCUT2D eigenvalue weighted by Gasteiger charge is 2.16. The molecule has 0 aliphatic rings. The molecule has 2 aromatic heterocycles. The molecule has 1 N–H and O–H groups in total. The molecular formula is C13H15N3O4. The second-order valence-electron chi connectivity index (χ2n) is 4.43. The van der Waals surface area contributed by atoms with Crippen LogP contribution in [0.15, 0.2) is 16.8 Å². The molecule has 7 heteroatoms. The Morgan fingerprint density at radius 3 is 2.85 bits per heavy atom. The molecule has 7 nitrogen and oxygen atoms in total. The summed E-state index contributed by atoms with van der Waals surface area (Å²) < 4.78 is 5.05.